The average molecular weight is 338 g/mol. The third-order valence-corrected chi connectivity index (χ3v) is 4.98. The second-order valence-corrected chi connectivity index (χ2v) is 6.58. The van der Waals surface area contributed by atoms with E-state index in [0.717, 1.165) is 29.0 Å². The molecule has 2 aromatic heterocycles. The number of benzene rings is 1. The van der Waals surface area contributed by atoms with Crippen LogP contribution in [0.15, 0.2) is 36.8 Å². The number of aryl methyl sites for hydroxylation is 2. The topological polar surface area (TPSA) is 76.8 Å². The summed E-state index contributed by atoms with van der Waals surface area (Å²) in [6.45, 7) is 0.653. The van der Waals surface area contributed by atoms with E-state index in [9.17, 15) is 4.79 Å². The number of hydrogen-bond acceptors (Lipinski definition) is 4. The smallest absolute Gasteiger partial charge is 0.220 e. The standard InChI is InChI=1S/C18H22N6O/c1-23-11-19-9-15(23)18-13(7-8-17(25)22-18)20-10-16-21-12-5-3-4-6-14(12)24(16)2/h3-6,9,11,13,18,20H,7-8,10H2,1-2H3,(H,22,25)/t13-,18-/m1/s1. The Morgan fingerprint density at radius 3 is 2.92 bits per heavy atom. The maximum absolute atomic E-state index is 11.9. The maximum Gasteiger partial charge on any atom is 0.220 e. The van der Waals surface area contributed by atoms with Crippen LogP contribution < -0.4 is 10.6 Å². The van der Waals surface area contributed by atoms with Crippen molar-refractivity contribution in [3.8, 4) is 0 Å². The second-order valence-electron chi connectivity index (χ2n) is 6.58. The fraction of sp³-hybridized carbons (Fsp3) is 0.389. The highest BCUT2D eigenvalue weighted by molar-refractivity contribution is 5.77. The molecule has 130 valence electrons. The Kier molecular flexibility index (Phi) is 4.01. The average Bonchev–Trinajstić information content (AvgIpc) is 3.18. The van der Waals surface area contributed by atoms with Crippen LogP contribution in [0.3, 0.4) is 0 Å². The van der Waals surface area contributed by atoms with Gasteiger partial charge < -0.3 is 19.8 Å². The van der Waals surface area contributed by atoms with Gasteiger partial charge in [-0.1, -0.05) is 12.1 Å². The highest BCUT2D eigenvalue weighted by Crippen LogP contribution is 2.24. The fourth-order valence-corrected chi connectivity index (χ4v) is 3.54. The molecule has 0 aliphatic carbocycles. The molecule has 3 heterocycles. The number of nitrogens with zero attached hydrogens (tertiary/aromatic N) is 4. The van der Waals surface area contributed by atoms with Gasteiger partial charge in [-0.15, -0.1) is 0 Å². The Bertz CT molecular complexity index is 911. The van der Waals surface area contributed by atoms with Crippen molar-refractivity contribution in [2.24, 2.45) is 14.1 Å². The minimum absolute atomic E-state index is 0.0802. The number of amides is 1. The Labute approximate surface area is 146 Å². The molecule has 2 N–H and O–H groups in total. The molecule has 25 heavy (non-hydrogen) atoms. The monoisotopic (exact) mass is 338 g/mol. The molecule has 0 spiro atoms. The van der Waals surface area contributed by atoms with E-state index in [1.54, 1.807) is 6.33 Å². The molecule has 0 bridgehead atoms. The predicted octanol–water partition coefficient (Wildman–Crippen LogP) is 1.42. The Morgan fingerprint density at radius 1 is 1.32 bits per heavy atom. The number of carbonyl (C=O) groups excluding carboxylic acids is 1. The summed E-state index contributed by atoms with van der Waals surface area (Å²) >= 11 is 0. The molecule has 0 saturated carbocycles. The number of carbonyl (C=O) groups is 1. The van der Waals surface area contributed by atoms with Crippen LogP contribution in [-0.4, -0.2) is 31.1 Å². The molecule has 1 saturated heterocycles. The molecule has 4 rings (SSSR count). The Balaban J connectivity index is 1.54. The number of aromatic nitrogens is 4. The molecule has 7 nitrogen and oxygen atoms in total. The SMILES string of the molecule is Cn1cncc1[C@@H]1NC(=O)CC[C@H]1NCc1nc2ccccc2n1C. The molecule has 1 aromatic carbocycles. The van der Waals surface area contributed by atoms with Crippen molar-refractivity contribution < 1.29 is 4.79 Å². The first-order valence-electron chi connectivity index (χ1n) is 8.53. The van der Waals surface area contributed by atoms with Crippen molar-refractivity contribution in [2.45, 2.75) is 31.5 Å². The lowest BCUT2D eigenvalue weighted by Gasteiger charge is -2.33. The number of rotatable bonds is 4. The summed E-state index contributed by atoms with van der Waals surface area (Å²) in [5, 5.41) is 6.68. The largest absolute Gasteiger partial charge is 0.346 e. The van der Waals surface area contributed by atoms with Crippen LogP contribution in [0, 0.1) is 0 Å². The fourth-order valence-electron chi connectivity index (χ4n) is 3.54. The molecule has 1 amide bonds. The normalized spacial score (nSPS) is 20.8. The number of para-hydroxylation sites is 2. The highest BCUT2D eigenvalue weighted by Gasteiger charge is 2.31. The Morgan fingerprint density at radius 2 is 2.16 bits per heavy atom. The Hall–Kier alpha value is -2.67. The van der Waals surface area contributed by atoms with Gasteiger partial charge in [0.15, 0.2) is 0 Å². The lowest BCUT2D eigenvalue weighted by atomic mass is 9.95. The number of nitrogens with one attached hydrogen (secondary N) is 2. The third-order valence-electron chi connectivity index (χ3n) is 4.98. The van der Waals surface area contributed by atoms with E-state index < -0.39 is 0 Å². The summed E-state index contributed by atoms with van der Waals surface area (Å²) in [5.74, 6) is 1.08. The quantitative estimate of drug-likeness (QED) is 0.754. The van der Waals surface area contributed by atoms with E-state index in [4.69, 9.17) is 4.98 Å². The van der Waals surface area contributed by atoms with Crippen LogP contribution in [-0.2, 0) is 25.4 Å². The van der Waals surface area contributed by atoms with Gasteiger partial charge in [-0.05, 0) is 18.6 Å². The van der Waals surface area contributed by atoms with Crippen molar-refractivity contribution in [1.82, 2.24) is 29.7 Å². The number of fused-ring (bicyclic) bond motifs is 1. The first-order valence-corrected chi connectivity index (χ1v) is 8.53. The lowest BCUT2D eigenvalue weighted by molar-refractivity contribution is -0.124. The van der Waals surface area contributed by atoms with E-state index >= 15 is 0 Å². The minimum Gasteiger partial charge on any atom is -0.346 e. The molecule has 2 atom stereocenters. The highest BCUT2D eigenvalue weighted by atomic mass is 16.1. The predicted molar refractivity (Wildman–Crippen MR) is 94.7 cm³/mol. The second kappa shape index (κ2) is 6.33. The lowest BCUT2D eigenvalue weighted by Crippen LogP contribution is -2.48. The van der Waals surface area contributed by atoms with Gasteiger partial charge in [-0.25, -0.2) is 9.97 Å². The van der Waals surface area contributed by atoms with Crippen LogP contribution in [0.2, 0.25) is 0 Å². The number of hydrogen-bond donors (Lipinski definition) is 2. The van der Waals surface area contributed by atoms with Gasteiger partial charge in [0.25, 0.3) is 0 Å². The van der Waals surface area contributed by atoms with Crippen LogP contribution in [0.25, 0.3) is 11.0 Å². The summed E-state index contributed by atoms with van der Waals surface area (Å²) in [6, 6.07) is 8.19. The van der Waals surface area contributed by atoms with E-state index in [1.807, 2.05) is 43.1 Å². The zero-order valence-corrected chi connectivity index (χ0v) is 14.4. The van der Waals surface area contributed by atoms with E-state index in [2.05, 4.69) is 26.3 Å². The molecule has 1 fully saturated rings. The number of imidazole rings is 2. The molecule has 3 aromatic rings. The van der Waals surface area contributed by atoms with Gasteiger partial charge in [0, 0.05) is 26.6 Å². The summed E-state index contributed by atoms with van der Waals surface area (Å²) in [4.78, 5) is 20.8. The van der Waals surface area contributed by atoms with E-state index in [-0.39, 0.29) is 18.0 Å². The first-order chi connectivity index (χ1) is 12.1. The zero-order valence-electron chi connectivity index (χ0n) is 14.4. The van der Waals surface area contributed by atoms with Gasteiger partial charge in [-0.3, -0.25) is 4.79 Å². The van der Waals surface area contributed by atoms with Crippen LogP contribution >= 0.6 is 0 Å². The van der Waals surface area contributed by atoms with Gasteiger partial charge in [0.05, 0.1) is 41.8 Å². The summed E-state index contributed by atoms with van der Waals surface area (Å²) in [7, 11) is 3.99. The maximum atomic E-state index is 11.9. The summed E-state index contributed by atoms with van der Waals surface area (Å²) in [5.41, 5.74) is 3.14. The minimum atomic E-state index is -0.0802. The molecule has 1 aliphatic heterocycles. The molecule has 1 aliphatic rings. The van der Waals surface area contributed by atoms with Crippen LogP contribution in [0.4, 0.5) is 0 Å². The summed E-state index contributed by atoms with van der Waals surface area (Å²) in [6.07, 6.45) is 4.92. The first kappa shape index (κ1) is 15.8. The molecule has 0 radical (unpaired) electrons. The van der Waals surface area contributed by atoms with Crippen molar-refractivity contribution in [3.63, 3.8) is 0 Å². The van der Waals surface area contributed by atoms with Crippen LogP contribution in [0.1, 0.15) is 30.4 Å². The number of piperidine rings is 1. The van der Waals surface area contributed by atoms with Gasteiger partial charge in [-0.2, -0.15) is 0 Å². The van der Waals surface area contributed by atoms with Crippen molar-refractivity contribution >= 4 is 16.9 Å². The van der Waals surface area contributed by atoms with Gasteiger partial charge >= 0.3 is 0 Å². The van der Waals surface area contributed by atoms with Crippen molar-refractivity contribution in [3.05, 3.63) is 48.3 Å². The zero-order chi connectivity index (χ0) is 17.4. The summed E-state index contributed by atoms with van der Waals surface area (Å²) < 4.78 is 4.07. The molecular weight excluding hydrogens is 316 g/mol. The molecule has 7 heteroatoms. The van der Waals surface area contributed by atoms with E-state index in [0.29, 0.717) is 13.0 Å². The van der Waals surface area contributed by atoms with Crippen molar-refractivity contribution in [1.29, 1.82) is 0 Å². The van der Waals surface area contributed by atoms with Gasteiger partial charge in [0.1, 0.15) is 5.82 Å². The molecule has 0 unspecified atom stereocenters. The molecular formula is C18H22N6O. The third kappa shape index (κ3) is 2.91. The van der Waals surface area contributed by atoms with Crippen LogP contribution in [0.5, 0.6) is 0 Å². The van der Waals surface area contributed by atoms with Gasteiger partial charge in [0.2, 0.25) is 5.91 Å². The van der Waals surface area contributed by atoms with E-state index in [1.165, 1.54) is 0 Å². The van der Waals surface area contributed by atoms with Crippen molar-refractivity contribution in [2.75, 3.05) is 0 Å².